The van der Waals surface area contributed by atoms with Gasteiger partial charge in [0.1, 0.15) is 5.82 Å². The highest BCUT2D eigenvalue weighted by molar-refractivity contribution is 9.10. The number of hydrogen-bond acceptors (Lipinski definition) is 2. The Balaban J connectivity index is 2.63. The van der Waals surface area contributed by atoms with Crippen molar-refractivity contribution in [1.29, 1.82) is 0 Å². The summed E-state index contributed by atoms with van der Waals surface area (Å²) in [5.74, 6) is 2.03. The molecule has 3 nitrogen and oxygen atoms in total. The molecule has 0 radical (unpaired) electrons. The van der Waals surface area contributed by atoms with E-state index in [1.807, 2.05) is 6.07 Å². The monoisotopic (exact) mass is 327 g/mol. The van der Waals surface area contributed by atoms with Gasteiger partial charge in [0.15, 0.2) is 5.82 Å². The predicted octanol–water partition coefficient (Wildman–Crippen LogP) is 4.34. The number of alkyl halides is 1. The minimum Gasteiger partial charge on any atom is -0.307 e. The van der Waals surface area contributed by atoms with Crippen molar-refractivity contribution in [2.24, 2.45) is 0 Å². The van der Waals surface area contributed by atoms with E-state index < -0.39 is 0 Å². The molecule has 0 N–H and O–H groups in total. The lowest BCUT2D eigenvalue weighted by Gasteiger charge is -2.14. The summed E-state index contributed by atoms with van der Waals surface area (Å²) in [7, 11) is 0. The molecule has 2 aromatic rings. The first-order valence-corrected chi connectivity index (χ1v) is 7.13. The highest BCUT2D eigenvalue weighted by Crippen LogP contribution is 2.30. The third-order valence-electron chi connectivity index (χ3n) is 2.77. The fourth-order valence-electron chi connectivity index (χ4n) is 1.95. The van der Waals surface area contributed by atoms with E-state index in [-0.39, 0.29) is 6.04 Å². The van der Waals surface area contributed by atoms with Gasteiger partial charge in [0.2, 0.25) is 0 Å². The van der Waals surface area contributed by atoms with Crippen LogP contribution in [-0.4, -0.2) is 14.8 Å². The topological polar surface area (TPSA) is 30.7 Å². The number of nitrogens with zero attached hydrogens (tertiary/aromatic N) is 3. The molecule has 0 aliphatic carbocycles. The van der Waals surface area contributed by atoms with Crippen molar-refractivity contribution < 1.29 is 0 Å². The first-order chi connectivity index (χ1) is 8.54. The van der Waals surface area contributed by atoms with Crippen LogP contribution in [0.4, 0.5) is 0 Å². The van der Waals surface area contributed by atoms with Crippen molar-refractivity contribution in [3.63, 3.8) is 0 Å². The molecule has 0 bridgehead atoms. The van der Waals surface area contributed by atoms with Gasteiger partial charge in [-0.1, -0.05) is 27.6 Å². The summed E-state index contributed by atoms with van der Waals surface area (Å²) in [6, 6.07) is 6.47. The molecule has 0 saturated carbocycles. The van der Waals surface area contributed by atoms with E-state index >= 15 is 0 Å². The summed E-state index contributed by atoms with van der Waals surface area (Å²) in [5, 5.41) is 8.44. The Morgan fingerprint density at radius 2 is 2.06 bits per heavy atom. The van der Waals surface area contributed by atoms with Crippen molar-refractivity contribution >= 4 is 27.5 Å². The molecule has 1 aromatic heterocycles. The molecule has 1 heterocycles. The number of halogens is 2. The molecular formula is C13H15BrClN3. The molecule has 0 unspecified atom stereocenters. The number of benzene rings is 1. The maximum atomic E-state index is 5.91. The molecule has 2 rings (SSSR count). The van der Waals surface area contributed by atoms with Crippen LogP contribution in [0.25, 0.3) is 11.4 Å². The van der Waals surface area contributed by atoms with E-state index in [0.29, 0.717) is 5.88 Å². The summed E-state index contributed by atoms with van der Waals surface area (Å²) in [6.45, 7) is 6.27. The minimum absolute atomic E-state index is 0.274. The van der Waals surface area contributed by atoms with Crippen molar-refractivity contribution in [2.45, 2.75) is 32.7 Å². The third kappa shape index (κ3) is 2.45. The SMILES string of the molecule is Cc1ccc(Br)c(-c2nnc(CCl)n2C(C)C)c1. The van der Waals surface area contributed by atoms with Crippen molar-refractivity contribution in [1.82, 2.24) is 14.8 Å². The quantitative estimate of drug-likeness (QED) is 0.785. The van der Waals surface area contributed by atoms with Gasteiger partial charge in [0.25, 0.3) is 0 Å². The Labute approximate surface area is 120 Å². The third-order valence-corrected chi connectivity index (χ3v) is 3.70. The Bertz CT molecular complexity index is 563. The van der Waals surface area contributed by atoms with Gasteiger partial charge >= 0.3 is 0 Å². The highest BCUT2D eigenvalue weighted by atomic mass is 79.9. The van der Waals surface area contributed by atoms with Crippen LogP contribution in [0.1, 0.15) is 31.3 Å². The minimum atomic E-state index is 0.274. The van der Waals surface area contributed by atoms with Gasteiger partial charge in [-0.25, -0.2) is 0 Å². The van der Waals surface area contributed by atoms with Gasteiger partial charge < -0.3 is 4.57 Å². The number of hydrogen-bond donors (Lipinski definition) is 0. The molecule has 18 heavy (non-hydrogen) atoms. The van der Waals surface area contributed by atoms with Gasteiger partial charge in [-0.2, -0.15) is 0 Å². The summed E-state index contributed by atoms with van der Waals surface area (Å²) in [4.78, 5) is 0. The van der Waals surface area contributed by atoms with Crippen LogP contribution in [0, 0.1) is 6.92 Å². The molecule has 0 saturated heterocycles. The lowest BCUT2D eigenvalue weighted by molar-refractivity contribution is 0.585. The summed E-state index contributed by atoms with van der Waals surface area (Å²) in [5.41, 5.74) is 2.24. The maximum absolute atomic E-state index is 5.91. The van der Waals surface area contributed by atoms with Crippen molar-refractivity contribution in [2.75, 3.05) is 0 Å². The fraction of sp³-hybridized carbons (Fsp3) is 0.385. The second-order valence-electron chi connectivity index (χ2n) is 4.52. The molecule has 0 aliphatic rings. The summed E-state index contributed by atoms with van der Waals surface area (Å²) < 4.78 is 3.09. The lowest BCUT2D eigenvalue weighted by atomic mass is 10.1. The Morgan fingerprint density at radius 1 is 1.33 bits per heavy atom. The van der Waals surface area contributed by atoms with Crippen LogP contribution in [0.3, 0.4) is 0 Å². The van der Waals surface area contributed by atoms with Crippen molar-refractivity contribution in [3.05, 3.63) is 34.1 Å². The van der Waals surface area contributed by atoms with Gasteiger partial charge in [-0.3, -0.25) is 0 Å². The molecule has 5 heteroatoms. The van der Waals surface area contributed by atoms with Gasteiger partial charge in [0.05, 0.1) is 5.88 Å². The summed E-state index contributed by atoms with van der Waals surface area (Å²) >= 11 is 9.48. The average Bonchev–Trinajstić information content (AvgIpc) is 2.75. The first-order valence-electron chi connectivity index (χ1n) is 5.81. The van der Waals surface area contributed by atoms with Gasteiger partial charge in [-0.05, 0) is 32.9 Å². The zero-order valence-corrected chi connectivity index (χ0v) is 13.0. The van der Waals surface area contributed by atoms with Crippen LogP contribution in [0.2, 0.25) is 0 Å². The second kappa shape index (κ2) is 5.41. The molecule has 0 fully saturated rings. The Morgan fingerprint density at radius 3 is 2.67 bits per heavy atom. The molecule has 0 atom stereocenters. The van der Waals surface area contributed by atoms with Gasteiger partial charge in [-0.15, -0.1) is 21.8 Å². The zero-order chi connectivity index (χ0) is 13.3. The Kier molecular flexibility index (Phi) is 4.07. The highest BCUT2D eigenvalue weighted by Gasteiger charge is 2.17. The van der Waals surface area contributed by atoms with Crippen LogP contribution in [0.15, 0.2) is 22.7 Å². The molecule has 1 aromatic carbocycles. The van der Waals surface area contributed by atoms with Crippen LogP contribution in [0.5, 0.6) is 0 Å². The molecule has 0 amide bonds. The zero-order valence-electron chi connectivity index (χ0n) is 10.6. The molecule has 0 aliphatic heterocycles. The van der Waals surface area contributed by atoms with E-state index in [1.54, 1.807) is 0 Å². The number of aromatic nitrogens is 3. The smallest absolute Gasteiger partial charge is 0.165 e. The van der Waals surface area contributed by atoms with E-state index in [9.17, 15) is 0 Å². The largest absolute Gasteiger partial charge is 0.307 e. The number of rotatable bonds is 3. The second-order valence-corrected chi connectivity index (χ2v) is 5.64. The van der Waals surface area contributed by atoms with E-state index in [4.69, 9.17) is 11.6 Å². The molecule has 0 spiro atoms. The van der Waals surface area contributed by atoms with Crippen LogP contribution >= 0.6 is 27.5 Å². The molecular weight excluding hydrogens is 314 g/mol. The van der Waals surface area contributed by atoms with E-state index in [1.165, 1.54) is 5.56 Å². The van der Waals surface area contributed by atoms with E-state index in [0.717, 1.165) is 21.7 Å². The number of aryl methyl sites for hydroxylation is 1. The van der Waals surface area contributed by atoms with Crippen LogP contribution in [-0.2, 0) is 5.88 Å². The first kappa shape index (κ1) is 13.6. The molecule has 96 valence electrons. The van der Waals surface area contributed by atoms with Gasteiger partial charge in [0, 0.05) is 16.1 Å². The summed E-state index contributed by atoms with van der Waals surface area (Å²) in [6.07, 6.45) is 0. The maximum Gasteiger partial charge on any atom is 0.165 e. The normalized spacial score (nSPS) is 11.2. The van der Waals surface area contributed by atoms with Crippen molar-refractivity contribution in [3.8, 4) is 11.4 Å². The lowest BCUT2D eigenvalue weighted by Crippen LogP contribution is -2.07. The van der Waals surface area contributed by atoms with E-state index in [2.05, 4.69) is 63.6 Å². The standard InChI is InChI=1S/C13H15BrClN3/c1-8(2)18-12(7-15)16-17-13(18)10-6-9(3)4-5-11(10)14/h4-6,8H,7H2,1-3H3. The van der Waals surface area contributed by atoms with Crippen LogP contribution < -0.4 is 0 Å². The fourth-order valence-corrected chi connectivity index (χ4v) is 2.56. The average molecular weight is 329 g/mol. The Hall–Kier alpha value is -0.870. The predicted molar refractivity (Wildman–Crippen MR) is 77.8 cm³/mol.